The molecule has 1 fully saturated rings. The van der Waals surface area contributed by atoms with Gasteiger partial charge in [-0.2, -0.15) is 0 Å². The minimum Gasteiger partial charge on any atom is -0.460 e. The molecule has 1 aliphatic heterocycles. The van der Waals surface area contributed by atoms with Crippen LogP contribution in [0.3, 0.4) is 0 Å². The van der Waals surface area contributed by atoms with Gasteiger partial charge in [0.1, 0.15) is 24.0 Å². The number of hydrogen-bond donors (Lipinski definition) is 2. The molecular formula is C13H13BrN2O6. The van der Waals surface area contributed by atoms with Gasteiger partial charge in [0.05, 0.1) is 6.61 Å². The Morgan fingerprint density at radius 1 is 1.64 bits per heavy atom. The average molecular weight is 373 g/mol. The molecule has 0 saturated carbocycles. The van der Waals surface area contributed by atoms with Gasteiger partial charge in [-0.05, 0) is 10.8 Å². The summed E-state index contributed by atoms with van der Waals surface area (Å²) in [4.78, 5) is 39.1. The van der Waals surface area contributed by atoms with E-state index in [1.54, 1.807) is 0 Å². The number of nitrogens with zero attached hydrogens (tertiary/aromatic N) is 1. The third-order valence-corrected chi connectivity index (χ3v) is 3.34. The summed E-state index contributed by atoms with van der Waals surface area (Å²) in [6.45, 7) is 0.887. The van der Waals surface area contributed by atoms with E-state index in [2.05, 4.69) is 31.7 Å². The van der Waals surface area contributed by atoms with Crippen molar-refractivity contribution < 1.29 is 19.4 Å². The second-order valence-corrected chi connectivity index (χ2v) is 5.02. The Bertz CT molecular complexity index is 743. The van der Waals surface area contributed by atoms with Crippen molar-refractivity contribution in [2.24, 2.45) is 0 Å². The van der Waals surface area contributed by atoms with Crippen LogP contribution in [0.25, 0.3) is 0 Å². The number of aromatic nitrogens is 2. The summed E-state index contributed by atoms with van der Waals surface area (Å²) in [5.41, 5.74) is -1.20. The number of aliphatic hydroxyl groups excluding tert-OH is 1. The van der Waals surface area contributed by atoms with E-state index in [-0.39, 0.29) is 18.6 Å². The predicted molar refractivity (Wildman–Crippen MR) is 78.3 cm³/mol. The molecule has 0 bridgehead atoms. The zero-order chi connectivity index (χ0) is 16.3. The van der Waals surface area contributed by atoms with E-state index in [9.17, 15) is 19.5 Å². The number of ether oxygens (including phenoxy) is 2. The Morgan fingerprint density at radius 3 is 2.95 bits per heavy atom. The van der Waals surface area contributed by atoms with Crippen LogP contribution in [0, 0.1) is 10.8 Å². The van der Waals surface area contributed by atoms with E-state index in [0.29, 0.717) is 0 Å². The number of aromatic amines is 1. The first-order valence-electron chi connectivity index (χ1n) is 6.37. The topological polar surface area (TPSA) is 111 Å². The molecule has 0 amide bonds. The molecule has 22 heavy (non-hydrogen) atoms. The van der Waals surface area contributed by atoms with Gasteiger partial charge in [-0.3, -0.25) is 19.1 Å². The summed E-state index contributed by atoms with van der Waals surface area (Å²) in [5, 5.41) is 9.28. The molecule has 118 valence electrons. The van der Waals surface area contributed by atoms with Crippen molar-refractivity contribution in [3.05, 3.63) is 32.6 Å². The Balaban J connectivity index is 2.34. The van der Waals surface area contributed by atoms with Crippen LogP contribution < -0.4 is 11.2 Å². The summed E-state index contributed by atoms with van der Waals surface area (Å²) in [6.07, 6.45) is -0.736. The van der Waals surface area contributed by atoms with E-state index in [0.717, 1.165) is 4.57 Å². The van der Waals surface area contributed by atoms with Crippen LogP contribution in [-0.2, 0) is 14.3 Å². The van der Waals surface area contributed by atoms with E-state index in [4.69, 9.17) is 9.47 Å². The van der Waals surface area contributed by atoms with Crippen LogP contribution >= 0.6 is 15.9 Å². The SMILES string of the molecule is CC(=O)O[C@H]1C[C@H](n2cc(C#CBr)c(=O)[nH]c2=O)O[C@@H]1CO. The van der Waals surface area contributed by atoms with E-state index in [1.165, 1.54) is 13.1 Å². The molecule has 2 rings (SSSR count). The molecular weight excluding hydrogens is 360 g/mol. The lowest BCUT2D eigenvalue weighted by atomic mass is 10.2. The number of nitrogens with one attached hydrogen (secondary N) is 1. The van der Waals surface area contributed by atoms with Gasteiger partial charge in [0, 0.05) is 35.5 Å². The van der Waals surface area contributed by atoms with Gasteiger partial charge in [0.25, 0.3) is 5.56 Å². The monoisotopic (exact) mass is 372 g/mol. The first kappa shape index (κ1) is 16.5. The minimum atomic E-state index is -0.776. The number of H-pyrrole nitrogens is 1. The molecule has 0 aliphatic carbocycles. The molecule has 2 heterocycles. The van der Waals surface area contributed by atoms with Crippen LogP contribution in [0.1, 0.15) is 25.1 Å². The molecule has 0 aromatic carbocycles. The van der Waals surface area contributed by atoms with Crippen LogP contribution in [-0.4, -0.2) is 39.4 Å². The number of halogens is 1. The molecule has 0 spiro atoms. The highest BCUT2D eigenvalue weighted by molar-refractivity contribution is 9.12. The molecule has 3 atom stereocenters. The molecule has 0 radical (unpaired) electrons. The minimum absolute atomic E-state index is 0.0801. The Morgan fingerprint density at radius 2 is 2.36 bits per heavy atom. The second-order valence-electron chi connectivity index (χ2n) is 4.62. The summed E-state index contributed by atoms with van der Waals surface area (Å²) < 4.78 is 11.7. The number of carbonyl (C=O) groups is 1. The third-order valence-electron chi connectivity index (χ3n) is 3.14. The van der Waals surface area contributed by atoms with Crippen LogP contribution in [0.5, 0.6) is 0 Å². The Labute approximate surface area is 133 Å². The van der Waals surface area contributed by atoms with Gasteiger partial charge in [-0.1, -0.05) is 0 Å². The van der Waals surface area contributed by atoms with E-state index >= 15 is 0 Å². The van der Waals surface area contributed by atoms with Crippen molar-refractivity contribution in [2.45, 2.75) is 31.8 Å². The molecule has 1 aliphatic rings. The molecule has 9 heteroatoms. The van der Waals surface area contributed by atoms with Crippen molar-refractivity contribution >= 4 is 21.9 Å². The maximum absolute atomic E-state index is 11.9. The van der Waals surface area contributed by atoms with Crippen molar-refractivity contribution in [1.29, 1.82) is 0 Å². The molecule has 2 N–H and O–H groups in total. The highest BCUT2D eigenvalue weighted by Crippen LogP contribution is 2.29. The third kappa shape index (κ3) is 3.47. The van der Waals surface area contributed by atoms with Crippen molar-refractivity contribution in [2.75, 3.05) is 6.61 Å². The molecule has 8 nitrogen and oxygen atoms in total. The Kier molecular flexibility index (Phi) is 5.18. The van der Waals surface area contributed by atoms with Gasteiger partial charge in [-0.15, -0.1) is 0 Å². The molecule has 1 aromatic rings. The summed E-state index contributed by atoms with van der Waals surface area (Å²) in [5.74, 6) is 2.00. The van der Waals surface area contributed by atoms with Crippen molar-refractivity contribution in [1.82, 2.24) is 9.55 Å². The van der Waals surface area contributed by atoms with E-state index in [1.807, 2.05) is 0 Å². The van der Waals surface area contributed by atoms with Gasteiger partial charge >= 0.3 is 11.7 Å². The first-order valence-corrected chi connectivity index (χ1v) is 7.16. The number of esters is 1. The highest BCUT2D eigenvalue weighted by atomic mass is 79.9. The van der Waals surface area contributed by atoms with Crippen molar-refractivity contribution in [3.63, 3.8) is 0 Å². The summed E-state index contributed by atoms with van der Waals surface area (Å²) in [6, 6.07) is 0. The lowest BCUT2D eigenvalue weighted by molar-refractivity contribution is -0.150. The summed E-state index contributed by atoms with van der Waals surface area (Å²) in [7, 11) is 0. The standard InChI is InChI=1S/C13H13BrN2O6/c1-7(18)21-9-4-11(22-10(9)6-17)16-5-8(2-3-14)12(19)15-13(16)20/h5,9-11,17H,4,6H2,1H3,(H,15,19,20)/t9-,10+,11+/m0/s1. The normalized spacial score (nSPS) is 23.7. The fraction of sp³-hybridized carbons (Fsp3) is 0.462. The number of carbonyl (C=O) groups excluding carboxylic acids is 1. The zero-order valence-corrected chi connectivity index (χ0v) is 13.1. The fourth-order valence-electron chi connectivity index (χ4n) is 2.21. The van der Waals surface area contributed by atoms with Crippen LogP contribution in [0.2, 0.25) is 0 Å². The number of aliphatic hydroxyl groups is 1. The van der Waals surface area contributed by atoms with Crippen LogP contribution in [0.4, 0.5) is 0 Å². The van der Waals surface area contributed by atoms with Crippen LogP contribution in [0.15, 0.2) is 15.8 Å². The summed E-state index contributed by atoms with van der Waals surface area (Å²) >= 11 is 2.88. The van der Waals surface area contributed by atoms with Gasteiger partial charge < -0.3 is 14.6 Å². The van der Waals surface area contributed by atoms with Crippen molar-refractivity contribution in [3.8, 4) is 10.8 Å². The lowest BCUT2D eigenvalue weighted by Crippen LogP contribution is -2.33. The first-order chi connectivity index (χ1) is 10.5. The quantitative estimate of drug-likeness (QED) is 0.544. The van der Waals surface area contributed by atoms with E-state index < -0.39 is 35.7 Å². The largest absolute Gasteiger partial charge is 0.460 e. The lowest BCUT2D eigenvalue weighted by Gasteiger charge is -2.15. The zero-order valence-electron chi connectivity index (χ0n) is 11.5. The Hall–Kier alpha value is -1.89. The fourth-order valence-corrected chi connectivity index (χ4v) is 2.43. The number of hydrogen-bond acceptors (Lipinski definition) is 6. The molecule has 0 unspecified atom stereocenters. The smallest absolute Gasteiger partial charge is 0.330 e. The second kappa shape index (κ2) is 6.91. The maximum atomic E-state index is 11.9. The van der Waals surface area contributed by atoms with Gasteiger partial charge in [0.15, 0.2) is 0 Å². The average Bonchev–Trinajstić information content (AvgIpc) is 2.83. The number of rotatable bonds is 3. The molecule has 1 saturated heterocycles. The predicted octanol–water partition coefficient (Wildman–Crippen LogP) is -0.548. The van der Waals surface area contributed by atoms with Gasteiger partial charge in [0.2, 0.25) is 0 Å². The molecule has 1 aromatic heterocycles. The van der Waals surface area contributed by atoms with Gasteiger partial charge in [-0.25, -0.2) is 4.79 Å². The maximum Gasteiger partial charge on any atom is 0.330 e. The highest BCUT2D eigenvalue weighted by Gasteiger charge is 2.38.